The number of amides is 2. The molecule has 1 aliphatic rings. The van der Waals surface area contributed by atoms with Gasteiger partial charge in [0.15, 0.2) is 11.6 Å². The number of nitrogens with zero attached hydrogens (tertiary/aromatic N) is 4. The summed E-state index contributed by atoms with van der Waals surface area (Å²) in [5.74, 6) is -2.33. The molecule has 0 unspecified atom stereocenters. The first kappa shape index (κ1) is 24.9. The van der Waals surface area contributed by atoms with Gasteiger partial charge in [-0.1, -0.05) is 25.1 Å². The molecule has 0 spiro atoms. The SMILES string of the molecule is CCC(=O)N1CCCN(C)CCCN(C(=O)c2cn(C)c3ccccc23)Cc2cc(F)c(F)cc21. The van der Waals surface area contributed by atoms with Gasteiger partial charge in [0.25, 0.3) is 5.91 Å². The monoisotopic (exact) mass is 482 g/mol. The predicted molar refractivity (Wildman–Crippen MR) is 133 cm³/mol. The number of hydrogen-bond acceptors (Lipinski definition) is 3. The Bertz CT molecular complexity index is 1240. The number of anilines is 1. The number of benzene rings is 2. The number of para-hydroxylation sites is 1. The Kier molecular flexibility index (Phi) is 7.50. The molecule has 3 aromatic rings. The molecule has 0 bridgehead atoms. The summed E-state index contributed by atoms with van der Waals surface area (Å²) in [5.41, 5.74) is 2.26. The molecule has 0 atom stereocenters. The average molecular weight is 483 g/mol. The maximum Gasteiger partial charge on any atom is 0.256 e. The van der Waals surface area contributed by atoms with E-state index < -0.39 is 11.6 Å². The van der Waals surface area contributed by atoms with Crippen molar-refractivity contribution in [2.24, 2.45) is 7.05 Å². The molecule has 0 N–H and O–H groups in total. The third-order valence-electron chi connectivity index (χ3n) is 6.68. The molecule has 2 heterocycles. The van der Waals surface area contributed by atoms with Crippen LogP contribution >= 0.6 is 0 Å². The van der Waals surface area contributed by atoms with Crippen LogP contribution in [0.1, 0.15) is 42.1 Å². The van der Waals surface area contributed by atoms with E-state index >= 15 is 0 Å². The van der Waals surface area contributed by atoms with Crippen molar-refractivity contribution >= 4 is 28.4 Å². The first-order valence-corrected chi connectivity index (χ1v) is 12.1. The number of aryl methyl sites for hydroxylation is 1. The van der Waals surface area contributed by atoms with E-state index in [0.717, 1.165) is 42.5 Å². The third-order valence-corrected chi connectivity index (χ3v) is 6.68. The number of carbonyl (C=O) groups excluding carboxylic acids is 2. The lowest BCUT2D eigenvalue weighted by Crippen LogP contribution is -2.38. The highest BCUT2D eigenvalue weighted by Crippen LogP contribution is 2.29. The van der Waals surface area contributed by atoms with Crippen molar-refractivity contribution in [1.29, 1.82) is 0 Å². The van der Waals surface area contributed by atoms with Crippen molar-refractivity contribution in [2.45, 2.75) is 32.7 Å². The lowest BCUT2D eigenvalue weighted by Gasteiger charge is -2.31. The van der Waals surface area contributed by atoms with Crippen LogP contribution in [0, 0.1) is 11.6 Å². The summed E-state index contributed by atoms with van der Waals surface area (Å²) in [7, 11) is 3.91. The maximum absolute atomic E-state index is 14.4. The second kappa shape index (κ2) is 10.6. The minimum Gasteiger partial charge on any atom is -0.350 e. The highest BCUT2D eigenvalue weighted by Gasteiger charge is 2.26. The highest BCUT2D eigenvalue weighted by molar-refractivity contribution is 6.07. The number of rotatable bonds is 2. The standard InChI is InChI=1S/C27H32F2N4O2/c1-4-26(34)33-14-8-12-30(2)11-7-13-32(17-19-15-22(28)23(29)16-25(19)33)27(35)21-18-31(3)24-10-6-5-9-20(21)24/h5-6,9-10,15-16,18H,4,7-8,11-14,17H2,1-3H3. The van der Waals surface area contributed by atoms with Crippen molar-refractivity contribution in [1.82, 2.24) is 14.4 Å². The normalized spacial score (nSPS) is 16.0. The Balaban J connectivity index is 1.79. The molecular weight excluding hydrogens is 450 g/mol. The number of carbonyl (C=O) groups is 2. The van der Waals surface area contributed by atoms with Gasteiger partial charge in [0.2, 0.25) is 5.91 Å². The van der Waals surface area contributed by atoms with Crippen LogP contribution in [0.4, 0.5) is 14.5 Å². The molecule has 2 amide bonds. The van der Waals surface area contributed by atoms with Crippen molar-refractivity contribution in [3.63, 3.8) is 0 Å². The fourth-order valence-corrected chi connectivity index (χ4v) is 4.81. The van der Waals surface area contributed by atoms with Gasteiger partial charge in [-0.25, -0.2) is 8.78 Å². The van der Waals surface area contributed by atoms with E-state index in [1.54, 1.807) is 11.8 Å². The molecule has 1 aromatic heterocycles. The van der Waals surface area contributed by atoms with E-state index in [0.29, 0.717) is 36.3 Å². The van der Waals surface area contributed by atoms with E-state index in [9.17, 15) is 18.4 Å². The van der Waals surface area contributed by atoms with E-state index in [-0.39, 0.29) is 24.8 Å². The Morgan fingerprint density at radius 3 is 2.37 bits per heavy atom. The first-order valence-electron chi connectivity index (χ1n) is 12.1. The second-order valence-corrected chi connectivity index (χ2v) is 9.20. The van der Waals surface area contributed by atoms with E-state index in [4.69, 9.17) is 0 Å². The van der Waals surface area contributed by atoms with Crippen LogP contribution in [0.5, 0.6) is 0 Å². The molecule has 35 heavy (non-hydrogen) atoms. The van der Waals surface area contributed by atoms with Crippen molar-refractivity contribution in [2.75, 3.05) is 38.1 Å². The lowest BCUT2D eigenvalue weighted by atomic mass is 10.1. The molecule has 1 aliphatic heterocycles. The minimum atomic E-state index is -1.01. The predicted octanol–water partition coefficient (Wildman–Crippen LogP) is 4.57. The summed E-state index contributed by atoms with van der Waals surface area (Å²) in [6.45, 7) is 4.21. The van der Waals surface area contributed by atoms with Crippen LogP contribution in [0.15, 0.2) is 42.6 Å². The number of fused-ring (bicyclic) bond motifs is 2. The third kappa shape index (κ3) is 5.22. The van der Waals surface area contributed by atoms with Gasteiger partial charge in [-0.05, 0) is 50.7 Å². The maximum atomic E-state index is 14.4. The van der Waals surface area contributed by atoms with Gasteiger partial charge in [0.05, 0.1) is 11.3 Å². The molecule has 0 saturated heterocycles. The minimum absolute atomic E-state index is 0.0752. The summed E-state index contributed by atoms with van der Waals surface area (Å²) in [6, 6.07) is 9.91. The molecule has 4 rings (SSSR count). The number of hydrogen-bond donors (Lipinski definition) is 0. The Morgan fingerprint density at radius 1 is 0.943 bits per heavy atom. The quantitative estimate of drug-likeness (QED) is 0.538. The van der Waals surface area contributed by atoms with Crippen LogP contribution in [0.25, 0.3) is 10.9 Å². The van der Waals surface area contributed by atoms with Gasteiger partial charge in [0, 0.05) is 56.3 Å². The Labute approximate surface area is 204 Å². The summed E-state index contributed by atoms with van der Waals surface area (Å²) in [6.07, 6.45) is 3.50. The summed E-state index contributed by atoms with van der Waals surface area (Å²) < 4.78 is 30.7. The van der Waals surface area contributed by atoms with Gasteiger partial charge in [-0.15, -0.1) is 0 Å². The Morgan fingerprint density at radius 2 is 1.63 bits per heavy atom. The number of aromatic nitrogens is 1. The van der Waals surface area contributed by atoms with E-state index in [1.165, 1.54) is 4.90 Å². The highest BCUT2D eigenvalue weighted by atomic mass is 19.2. The van der Waals surface area contributed by atoms with Crippen LogP contribution < -0.4 is 4.90 Å². The number of halogens is 2. The summed E-state index contributed by atoms with van der Waals surface area (Å²) in [4.78, 5) is 32.0. The molecule has 2 aromatic carbocycles. The Hall–Kier alpha value is -3.26. The largest absolute Gasteiger partial charge is 0.350 e. The van der Waals surface area contributed by atoms with Crippen LogP contribution in [0.2, 0.25) is 0 Å². The summed E-state index contributed by atoms with van der Waals surface area (Å²) >= 11 is 0. The molecular formula is C27H32F2N4O2. The topological polar surface area (TPSA) is 48.8 Å². The van der Waals surface area contributed by atoms with Crippen molar-refractivity contribution in [3.8, 4) is 0 Å². The zero-order chi connectivity index (χ0) is 25.1. The fourth-order valence-electron chi connectivity index (χ4n) is 4.81. The van der Waals surface area contributed by atoms with Gasteiger partial charge >= 0.3 is 0 Å². The summed E-state index contributed by atoms with van der Waals surface area (Å²) in [5, 5.41) is 0.844. The van der Waals surface area contributed by atoms with E-state index in [2.05, 4.69) is 4.90 Å². The smallest absolute Gasteiger partial charge is 0.256 e. The van der Waals surface area contributed by atoms with Gasteiger partial charge in [-0.2, -0.15) is 0 Å². The molecule has 0 aliphatic carbocycles. The van der Waals surface area contributed by atoms with Crippen molar-refractivity contribution < 1.29 is 18.4 Å². The molecule has 8 heteroatoms. The molecule has 6 nitrogen and oxygen atoms in total. The average Bonchev–Trinajstić information content (AvgIpc) is 3.18. The molecule has 0 saturated carbocycles. The second-order valence-electron chi connectivity index (χ2n) is 9.20. The first-order chi connectivity index (χ1) is 16.8. The molecule has 0 radical (unpaired) electrons. The van der Waals surface area contributed by atoms with Crippen LogP contribution in [-0.4, -0.2) is 59.4 Å². The van der Waals surface area contributed by atoms with Crippen LogP contribution in [-0.2, 0) is 18.4 Å². The zero-order valence-electron chi connectivity index (χ0n) is 20.6. The molecule has 0 fully saturated rings. The zero-order valence-corrected chi connectivity index (χ0v) is 20.6. The lowest BCUT2D eigenvalue weighted by molar-refractivity contribution is -0.118. The van der Waals surface area contributed by atoms with Gasteiger partial charge in [0.1, 0.15) is 0 Å². The van der Waals surface area contributed by atoms with E-state index in [1.807, 2.05) is 49.1 Å². The molecule has 186 valence electrons. The van der Waals surface area contributed by atoms with Gasteiger partial charge in [-0.3, -0.25) is 9.59 Å². The van der Waals surface area contributed by atoms with Crippen molar-refractivity contribution in [3.05, 3.63) is 65.4 Å². The van der Waals surface area contributed by atoms with Gasteiger partial charge < -0.3 is 19.3 Å². The fraction of sp³-hybridized carbons (Fsp3) is 0.407. The van der Waals surface area contributed by atoms with Crippen LogP contribution in [0.3, 0.4) is 0 Å².